The Balaban J connectivity index is 2.66. The second-order valence-electron chi connectivity index (χ2n) is 5.19. The average Bonchev–Trinajstić information content (AvgIpc) is 2.94. The van der Waals surface area contributed by atoms with Crippen molar-refractivity contribution in [3.63, 3.8) is 0 Å². The fourth-order valence-electron chi connectivity index (χ4n) is 2.12. The lowest BCUT2D eigenvalue weighted by Gasteiger charge is -2.22. The van der Waals surface area contributed by atoms with Gasteiger partial charge in [-0.2, -0.15) is 0 Å². The first-order valence-electron chi connectivity index (χ1n) is 7.12. The van der Waals surface area contributed by atoms with Gasteiger partial charge in [0.15, 0.2) is 0 Å². The molecule has 0 aromatic rings. The van der Waals surface area contributed by atoms with Gasteiger partial charge in [0.25, 0.3) is 0 Å². The Hall–Kier alpha value is -2.03. The molecule has 0 fully saturated rings. The Morgan fingerprint density at radius 3 is 2.39 bits per heavy atom. The molecule has 1 unspecified atom stereocenters. The number of hydrogen-bond acceptors (Lipinski definition) is 5. The lowest BCUT2D eigenvalue weighted by molar-refractivity contribution is -0.143. The molecule has 0 radical (unpaired) electrons. The minimum absolute atomic E-state index is 0.139. The zero-order valence-corrected chi connectivity index (χ0v) is 13.5. The molecule has 2 amide bonds. The van der Waals surface area contributed by atoms with E-state index >= 15 is 0 Å². The minimum Gasteiger partial charge on any atom is -0.481 e. The van der Waals surface area contributed by atoms with E-state index in [1.807, 2.05) is 11.5 Å². The number of carbonyl (C=O) groups is 4. The van der Waals surface area contributed by atoms with Crippen LogP contribution in [0.5, 0.6) is 0 Å². The first-order valence-corrected chi connectivity index (χ1v) is 8.06. The molecular formula is C14H20N2O6S. The molecule has 0 aromatic carbocycles. The smallest absolute Gasteiger partial charge is 0.326 e. The van der Waals surface area contributed by atoms with Gasteiger partial charge in [-0.3, -0.25) is 14.4 Å². The van der Waals surface area contributed by atoms with Crippen molar-refractivity contribution < 1.29 is 29.4 Å². The largest absolute Gasteiger partial charge is 0.481 e. The summed E-state index contributed by atoms with van der Waals surface area (Å²) in [5.41, 5.74) is 0. The van der Waals surface area contributed by atoms with Crippen LogP contribution >= 0.6 is 11.8 Å². The topological polar surface area (TPSA) is 133 Å². The van der Waals surface area contributed by atoms with Crippen molar-refractivity contribution in [2.45, 2.75) is 49.9 Å². The summed E-state index contributed by atoms with van der Waals surface area (Å²) in [4.78, 5) is 45.2. The molecule has 1 aliphatic rings. The lowest BCUT2D eigenvalue weighted by atomic mass is 10.1. The second kappa shape index (κ2) is 9.19. The zero-order chi connectivity index (χ0) is 17.4. The predicted molar refractivity (Wildman–Crippen MR) is 83.8 cm³/mol. The van der Waals surface area contributed by atoms with Crippen LogP contribution < -0.4 is 10.6 Å². The molecule has 0 bridgehead atoms. The van der Waals surface area contributed by atoms with Gasteiger partial charge in [-0.05, 0) is 24.7 Å². The minimum atomic E-state index is -1.31. The third kappa shape index (κ3) is 7.18. The van der Waals surface area contributed by atoms with E-state index in [1.165, 1.54) is 6.92 Å². The van der Waals surface area contributed by atoms with Crippen molar-refractivity contribution in [1.82, 2.24) is 10.6 Å². The summed E-state index contributed by atoms with van der Waals surface area (Å²) in [5.74, 6) is -3.46. The summed E-state index contributed by atoms with van der Waals surface area (Å²) in [6, 6.07) is -2.15. The number of nitrogens with one attached hydrogen (secondary N) is 2. The van der Waals surface area contributed by atoms with E-state index in [1.54, 1.807) is 11.8 Å². The molecule has 0 aromatic heterocycles. The molecule has 128 valence electrons. The van der Waals surface area contributed by atoms with Gasteiger partial charge in [-0.25, -0.2) is 4.79 Å². The number of rotatable bonds is 9. The third-order valence-corrected chi connectivity index (χ3v) is 4.34. The summed E-state index contributed by atoms with van der Waals surface area (Å²) in [5, 5.41) is 24.6. The molecule has 4 N–H and O–H groups in total. The number of carbonyl (C=O) groups excluding carboxylic acids is 2. The molecule has 0 saturated heterocycles. The van der Waals surface area contributed by atoms with Crippen molar-refractivity contribution in [3.05, 3.63) is 11.5 Å². The van der Waals surface area contributed by atoms with Crippen molar-refractivity contribution in [2.24, 2.45) is 0 Å². The van der Waals surface area contributed by atoms with Crippen molar-refractivity contribution in [1.29, 1.82) is 0 Å². The van der Waals surface area contributed by atoms with E-state index in [-0.39, 0.29) is 18.1 Å². The highest BCUT2D eigenvalue weighted by Gasteiger charge is 2.28. The molecule has 3 atom stereocenters. The molecule has 1 rings (SSSR count). The summed E-state index contributed by atoms with van der Waals surface area (Å²) in [6.45, 7) is 1.28. The van der Waals surface area contributed by atoms with E-state index in [9.17, 15) is 19.2 Å². The highest BCUT2D eigenvalue weighted by molar-refractivity contribution is 8.03. The first kappa shape index (κ1) is 19.0. The van der Waals surface area contributed by atoms with E-state index in [0.717, 1.165) is 6.42 Å². The predicted octanol–water partition coefficient (Wildman–Crippen LogP) is 0.335. The van der Waals surface area contributed by atoms with Crippen LogP contribution in [0.1, 0.15) is 32.6 Å². The molecule has 0 aliphatic carbocycles. The van der Waals surface area contributed by atoms with Gasteiger partial charge in [0.05, 0.1) is 0 Å². The second-order valence-corrected chi connectivity index (χ2v) is 6.40. The van der Waals surface area contributed by atoms with Crippen LogP contribution in [0, 0.1) is 0 Å². The molecule has 9 heteroatoms. The van der Waals surface area contributed by atoms with Crippen LogP contribution in [0.25, 0.3) is 0 Å². The molecule has 0 spiro atoms. The first-order chi connectivity index (χ1) is 10.8. The van der Waals surface area contributed by atoms with Crippen molar-refractivity contribution in [2.75, 3.05) is 0 Å². The molecular weight excluding hydrogens is 324 g/mol. The Bertz CT molecular complexity index is 499. The SMILES string of the molecule is CC(=O)N[C@@H](CC1CC=CS1)C(=O)N[C@@H](CCC(=O)O)C(=O)O. The van der Waals surface area contributed by atoms with Gasteiger partial charge in [-0.1, -0.05) is 6.08 Å². The number of hydrogen-bond donors (Lipinski definition) is 4. The Labute approximate surface area is 137 Å². The normalized spacial score (nSPS) is 18.9. The van der Waals surface area contributed by atoms with Crippen LogP contribution in [0.2, 0.25) is 0 Å². The summed E-state index contributed by atoms with van der Waals surface area (Å²) < 4.78 is 0. The molecule has 1 heterocycles. The number of carboxylic acids is 2. The van der Waals surface area contributed by atoms with Crippen molar-refractivity contribution in [3.8, 4) is 0 Å². The number of aliphatic carboxylic acids is 2. The van der Waals surface area contributed by atoms with Crippen LogP contribution in [0.15, 0.2) is 11.5 Å². The zero-order valence-electron chi connectivity index (χ0n) is 12.7. The van der Waals surface area contributed by atoms with Gasteiger partial charge >= 0.3 is 11.9 Å². The van der Waals surface area contributed by atoms with Gasteiger partial charge < -0.3 is 20.8 Å². The molecule has 8 nitrogen and oxygen atoms in total. The average molecular weight is 344 g/mol. The molecule has 1 aliphatic heterocycles. The Morgan fingerprint density at radius 2 is 1.91 bits per heavy atom. The maximum absolute atomic E-state index is 12.3. The highest BCUT2D eigenvalue weighted by Crippen LogP contribution is 2.27. The van der Waals surface area contributed by atoms with Gasteiger partial charge in [0, 0.05) is 18.6 Å². The Morgan fingerprint density at radius 1 is 1.22 bits per heavy atom. The van der Waals surface area contributed by atoms with Crippen LogP contribution in [-0.2, 0) is 19.2 Å². The molecule has 23 heavy (non-hydrogen) atoms. The lowest BCUT2D eigenvalue weighted by Crippen LogP contribution is -2.52. The van der Waals surface area contributed by atoms with E-state index < -0.39 is 35.8 Å². The monoisotopic (exact) mass is 344 g/mol. The number of thioether (sulfide) groups is 1. The Kier molecular flexibility index (Phi) is 7.60. The van der Waals surface area contributed by atoms with Crippen LogP contribution in [0.4, 0.5) is 0 Å². The molecule has 0 saturated carbocycles. The fraction of sp³-hybridized carbons (Fsp3) is 0.571. The van der Waals surface area contributed by atoms with E-state index in [2.05, 4.69) is 10.6 Å². The van der Waals surface area contributed by atoms with Crippen LogP contribution in [-0.4, -0.2) is 51.3 Å². The summed E-state index contributed by atoms with van der Waals surface area (Å²) >= 11 is 1.55. The quantitative estimate of drug-likeness (QED) is 0.474. The standard InChI is InChI=1S/C14H20N2O6S/c1-8(17)15-11(7-9-3-2-6-23-9)13(20)16-10(14(21)22)4-5-12(18)19/h2,6,9-11H,3-5,7H2,1H3,(H,15,17)(H,16,20)(H,18,19)(H,21,22)/t9?,10-,11-/m0/s1. The van der Waals surface area contributed by atoms with E-state index in [4.69, 9.17) is 10.2 Å². The van der Waals surface area contributed by atoms with Gasteiger partial charge in [0.1, 0.15) is 12.1 Å². The third-order valence-electron chi connectivity index (χ3n) is 3.22. The fourth-order valence-corrected chi connectivity index (χ4v) is 3.09. The highest BCUT2D eigenvalue weighted by atomic mass is 32.2. The maximum Gasteiger partial charge on any atom is 0.326 e. The maximum atomic E-state index is 12.3. The number of amides is 2. The van der Waals surface area contributed by atoms with Crippen LogP contribution in [0.3, 0.4) is 0 Å². The van der Waals surface area contributed by atoms with Gasteiger partial charge in [-0.15, -0.1) is 11.8 Å². The van der Waals surface area contributed by atoms with E-state index in [0.29, 0.717) is 6.42 Å². The summed E-state index contributed by atoms with van der Waals surface area (Å²) in [7, 11) is 0. The van der Waals surface area contributed by atoms with Gasteiger partial charge in [0.2, 0.25) is 11.8 Å². The summed E-state index contributed by atoms with van der Waals surface area (Å²) in [6.07, 6.45) is 2.52. The van der Waals surface area contributed by atoms with Crippen molar-refractivity contribution >= 4 is 35.5 Å². The number of carboxylic acid groups (broad SMARTS) is 2. The number of allylic oxidation sites excluding steroid dienone is 1.